The van der Waals surface area contributed by atoms with Crippen molar-refractivity contribution in [2.45, 2.75) is 55.3 Å². The van der Waals surface area contributed by atoms with Crippen molar-refractivity contribution in [3.8, 4) is 0 Å². The van der Waals surface area contributed by atoms with Crippen LogP contribution >= 0.6 is 11.8 Å². The number of nitrogens with two attached hydrogens (primary N) is 1. The minimum Gasteiger partial charge on any atom is -0.377 e. The van der Waals surface area contributed by atoms with Crippen molar-refractivity contribution in [2.75, 3.05) is 6.61 Å². The van der Waals surface area contributed by atoms with Crippen LogP contribution in [0, 0.1) is 0 Å². The maximum Gasteiger partial charge on any atom is 0.0666 e. The molecule has 0 radical (unpaired) electrons. The first-order valence-electron chi connectivity index (χ1n) is 7.28. The summed E-state index contributed by atoms with van der Waals surface area (Å²) in [6.45, 7) is 5.43. The van der Waals surface area contributed by atoms with Crippen LogP contribution in [-0.4, -0.2) is 23.2 Å². The number of hydrogen-bond donors (Lipinski definition) is 1. The Bertz CT molecular complexity index is 450. The molecule has 1 aliphatic heterocycles. The predicted octanol–water partition coefficient (Wildman–Crippen LogP) is 3.47. The normalized spacial score (nSPS) is 38.2. The molecular formula is C16H23NOS. The molecule has 1 aromatic rings. The van der Waals surface area contributed by atoms with Crippen LogP contribution in [0.3, 0.4) is 0 Å². The maximum absolute atomic E-state index is 6.51. The Hall–Kier alpha value is -0.510. The molecule has 1 aromatic carbocycles. The van der Waals surface area contributed by atoms with Gasteiger partial charge >= 0.3 is 0 Å². The van der Waals surface area contributed by atoms with Crippen LogP contribution in [0.5, 0.6) is 0 Å². The molecule has 1 fully saturated rings. The quantitative estimate of drug-likeness (QED) is 0.899. The van der Waals surface area contributed by atoms with Crippen LogP contribution in [0.2, 0.25) is 0 Å². The Labute approximate surface area is 120 Å². The van der Waals surface area contributed by atoms with E-state index >= 15 is 0 Å². The van der Waals surface area contributed by atoms with Crippen LogP contribution in [0.4, 0.5) is 0 Å². The lowest BCUT2D eigenvalue weighted by Crippen LogP contribution is -2.33. The van der Waals surface area contributed by atoms with Crippen LogP contribution in [0.15, 0.2) is 24.3 Å². The van der Waals surface area contributed by atoms with E-state index < -0.39 is 0 Å². The van der Waals surface area contributed by atoms with E-state index in [4.69, 9.17) is 10.5 Å². The summed E-state index contributed by atoms with van der Waals surface area (Å²) in [5, 5.41) is 1.15. The average Bonchev–Trinajstić information content (AvgIpc) is 2.81. The Morgan fingerprint density at radius 3 is 2.58 bits per heavy atom. The summed E-state index contributed by atoms with van der Waals surface area (Å²) in [7, 11) is 0. The molecule has 1 heterocycles. The molecule has 1 saturated heterocycles. The number of ether oxygens (including phenoxy) is 1. The lowest BCUT2D eigenvalue weighted by Gasteiger charge is -2.36. The van der Waals surface area contributed by atoms with Gasteiger partial charge in [0.2, 0.25) is 0 Å². The van der Waals surface area contributed by atoms with Gasteiger partial charge in [0.1, 0.15) is 0 Å². The molecule has 5 atom stereocenters. The molecule has 104 valence electrons. The van der Waals surface area contributed by atoms with Gasteiger partial charge in [-0.15, -0.1) is 0 Å². The highest BCUT2D eigenvalue weighted by molar-refractivity contribution is 8.00. The largest absolute Gasteiger partial charge is 0.377 e. The van der Waals surface area contributed by atoms with Crippen molar-refractivity contribution in [3.63, 3.8) is 0 Å². The fourth-order valence-electron chi connectivity index (χ4n) is 3.34. The minimum absolute atomic E-state index is 0.171. The number of fused-ring (bicyclic) bond motifs is 1. The van der Waals surface area contributed by atoms with Gasteiger partial charge in [0, 0.05) is 23.1 Å². The van der Waals surface area contributed by atoms with E-state index in [1.165, 1.54) is 24.0 Å². The van der Waals surface area contributed by atoms with Crippen LogP contribution < -0.4 is 5.73 Å². The molecule has 3 heteroatoms. The van der Waals surface area contributed by atoms with Gasteiger partial charge < -0.3 is 10.5 Å². The average molecular weight is 277 g/mol. The third-order valence-corrected chi connectivity index (χ3v) is 6.33. The summed E-state index contributed by atoms with van der Waals surface area (Å²) < 4.78 is 5.68. The Kier molecular flexibility index (Phi) is 3.88. The highest BCUT2D eigenvalue weighted by Gasteiger charge is 2.35. The fraction of sp³-hybridized carbons (Fsp3) is 0.625. The van der Waals surface area contributed by atoms with Crippen molar-refractivity contribution < 1.29 is 4.74 Å². The van der Waals surface area contributed by atoms with Gasteiger partial charge in [-0.3, -0.25) is 0 Å². The number of hydrogen-bond acceptors (Lipinski definition) is 3. The highest BCUT2D eigenvalue weighted by atomic mass is 32.2. The molecule has 1 aliphatic carbocycles. The smallest absolute Gasteiger partial charge is 0.0666 e. The van der Waals surface area contributed by atoms with Crippen molar-refractivity contribution in [1.82, 2.24) is 0 Å². The Balaban J connectivity index is 1.78. The monoisotopic (exact) mass is 277 g/mol. The van der Waals surface area contributed by atoms with Gasteiger partial charge in [-0.1, -0.05) is 31.2 Å². The standard InChI is InChI=1S/C16H23NOS/c1-10-9-15(19-14-7-8-18-11(14)2)16(17)13-6-4-3-5-12(10)13/h3-6,10-11,14-16H,7-9,17H2,1-2H3. The van der Waals surface area contributed by atoms with E-state index in [0.717, 1.165) is 6.61 Å². The van der Waals surface area contributed by atoms with E-state index in [2.05, 4.69) is 49.9 Å². The fourth-order valence-corrected chi connectivity index (χ4v) is 5.04. The zero-order chi connectivity index (χ0) is 13.4. The zero-order valence-corrected chi connectivity index (χ0v) is 12.5. The molecule has 3 rings (SSSR count). The van der Waals surface area contributed by atoms with E-state index in [1.807, 2.05) is 0 Å². The van der Waals surface area contributed by atoms with Crippen molar-refractivity contribution >= 4 is 11.8 Å². The van der Waals surface area contributed by atoms with Gasteiger partial charge in [-0.05, 0) is 36.8 Å². The summed E-state index contributed by atoms with van der Waals surface area (Å²) in [4.78, 5) is 0. The summed E-state index contributed by atoms with van der Waals surface area (Å²) >= 11 is 2.06. The van der Waals surface area contributed by atoms with E-state index in [1.54, 1.807) is 0 Å². The second kappa shape index (κ2) is 5.47. The second-order valence-electron chi connectivity index (χ2n) is 5.87. The summed E-state index contributed by atoms with van der Waals surface area (Å²) in [5.41, 5.74) is 9.31. The number of rotatable bonds is 2. The van der Waals surface area contributed by atoms with E-state index in [9.17, 15) is 0 Å². The first kappa shape index (κ1) is 13.5. The van der Waals surface area contributed by atoms with Crippen molar-refractivity contribution in [1.29, 1.82) is 0 Å². The van der Waals surface area contributed by atoms with Crippen LogP contribution in [0.25, 0.3) is 0 Å². The second-order valence-corrected chi connectivity index (χ2v) is 7.35. The van der Waals surface area contributed by atoms with Crippen LogP contribution in [-0.2, 0) is 4.74 Å². The third kappa shape index (κ3) is 2.56. The molecule has 5 unspecified atom stereocenters. The highest BCUT2D eigenvalue weighted by Crippen LogP contribution is 2.44. The molecule has 2 nitrogen and oxygen atoms in total. The minimum atomic E-state index is 0.171. The molecule has 0 spiro atoms. The van der Waals surface area contributed by atoms with Gasteiger partial charge in [0.05, 0.1) is 6.10 Å². The number of thioether (sulfide) groups is 1. The molecule has 0 bridgehead atoms. The van der Waals surface area contributed by atoms with Crippen molar-refractivity contribution in [3.05, 3.63) is 35.4 Å². The predicted molar refractivity (Wildman–Crippen MR) is 81.6 cm³/mol. The lowest BCUT2D eigenvalue weighted by molar-refractivity contribution is 0.127. The molecule has 0 aromatic heterocycles. The molecule has 2 N–H and O–H groups in total. The van der Waals surface area contributed by atoms with E-state index in [0.29, 0.717) is 22.5 Å². The Morgan fingerprint density at radius 2 is 1.89 bits per heavy atom. The summed E-state index contributed by atoms with van der Waals surface area (Å²) in [6, 6.07) is 8.85. The topological polar surface area (TPSA) is 35.2 Å². The Morgan fingerprint density at radius 1 is 1.16 bits per heavy atom. The SMILES string of the molecule is CC1CC(SC2CCOC2C)C(N)c2ccccc21. The van der Waals surface area contributed by atoms with E-state index in [-0.39, 0.29) is 6.04 Å². The molecule has 2 aliphatic rings. The van der Waals surface area contributed by atoms with Gasteiger partial charge in [-0.25, -0.2) is 0 Å². The summed E-state index contributed by atoms with van der Waals surface area (Å²) in [5.74, 6) is 0.617. The third-order valence-electron chi connectivity index (χ3n) is 4.53. The zero-order valence-electron chi connectivity index (χ0n) is 11.7. The molecule has 19 heavy (non-hydrogen) atoms. The van der Waals surface area contributed by atoms with Gasteiger partial charge in [-0.2, -0.15) is 11.8 Å². The lowest BCUT2D eigenvalue weighted by atomic mass is 9.81. The molecule has 0 saturated carbocycles. The van der Waals surface area contributed by atoms with Crippen LogP contribution in [0.1, 0.15) is 49.8 Å². The number of benzene rings is 1. The van der Waals surface area contributed by atoms with Gasteiger partial charge in [0.15, 0.2) is 0 Å². The first-order valence-corrected chi connectivity index (χ1v) is 8.22. The summed E-state index contributed by atoms with van der Waals surface area (Å²) in [6.07, 6.45) is 2.74. The molecular weight excluding hydrogens is 254 g/mol. The molecule has 0 amide bonds. The first-order chi connectivity index (χ1) is 9.16. The van der Waals surface area contributed by atoms with Crippen molar-refractivity contribution in [2.24, 2.45) is 5.73 Å². The maximum atomic E-state index is 6.51. The van der Waals surface area contributed by atoms with Gasteiger partial charge in [0.25, 0.3) is 0 Å².